The number of carboxylic acids is 1. The Kier molecular flexibility index (Phi) is 11.1. The van der Waals surface area contributed by atoms with Crippen molar-refractivity contribution in [3.63, 3.8) is 0 Å². The van der Waals surface area contributed by atoms with Crippen LogP contribution < -0.4 is 45.7 Å². The van der Waals surface area contributed by atoms with Gasteiger partial charge in [-0.1, -0.05) is 11.2 Å². The summed E-state index contributed by atoms with van der Waals surface area (Å²) in [7, 11) is 0. The third kappa shape index (κ3) is 7.59. The number of aromatic nitrogens is 4. The van der Waals surface area contributed by atoms with E-state index in [0.29, 0.717) is 33.1 Å². The molecule has 17 nitrogen and oxygen atoms in total. The van der Waals surface area contributed by atoms with Gasteiger partial charge in [0.15, 0.2) is 39.5 Å². The molecule has 0 spiro atoms. The Morgan fingerprint density at radius 2 is 1.81 bits per heavy atom. The van der Waals surface area contributed by atoms with Crippen LogP contribution in [0.2, 0.25) is 0 Å². The second-order valence-electron chi connectivity index (χ2n) is 11.3. The van der Waals surface area contributed by atoms with Gasteiger partial charge in [0.1, 0.15) is 28.7 Å². The number of β-lactam (4-membered cyclic amide) rings is 1. The molecule has 7 N–H and O–H groups in total. The summed E-state index contributed by atoms with van der Waals surface area (Å²) in [5.74, 6) is -3.98. The number of carbonyl (C=O) groups is 3. The van der Waals surface area contributed by atoms with Gasteiger partial charge in [-0.25, -0.2) is 14.5 Å². The van der Waals surface area contributed by atoms with E-state index in [2.05, 4.69) is 25.5 Å². The normalized spacial score (nSPS) is 16.9. The maximum Gasteiger partial charge on any atom is 1.00 e. The molecule has 2 atom stereocenters. The molecule has 2 aliphatic rings. The number of hydrogen-bond donors (Lipinski definition) is 6. The van der Waals surface area contributed by atoms with E-state index in [1.165, 1.54) is 59.2 Å². The summed E-state index contributed by atoms with van der Waals surface area (Å²) in [6.07, 6.45) is 1.55. The zero-order chi connectivity index (χ0) is 36.7. The van der Waals surface area contributed by atoms with E-state index in [-0.39, 0.29) is 92.9 Å². The van der Waals surface area contributed by atoms with Crippen LogP contribution in [0.25, 0.3) is 16.9 Å². The van der Waals surface area contributed by atoms with E-state index >= 15 is 0 Å². The van der Waals surface area contributed by atoms with Crippen molar-refractivity contribution in [2.24, 2.45) is 5.16 Å². The molecule has 21 heteroatoms. The fraction of sp³-hybridized carbons (Fsp3) is 0.156. The predicted molar refractivity (Wildman–Crippen MR) is 187 cm³/mol. The first-order valence-electron chi connectivity index (χ1n) is 15.1. The minimum absolute atomic E-state index is 0. The van der Waals surface area contributed by atoms with Crippen LogP contribution in [0.3, 0.4) is 0 Å². The van der Waals surface area contributed by atoms with Crippen molar-refractivity contribution < 1.29 is 74.3 Å². The summed E-state index contributed by atoms with van der Waals surface area (Å²) in [4.78, 5) is 54.5. The number of nitrogen functional groups attached to an aromatic ring is 1. The summed E-state index contributed by atoms with van der Waals surface area (Å²) in [5.41, 5.74) is 7.62. The number of benzene rings is 2. The van der Waals surface area contributed by atoms with Gasteiger partial charge in [-0.05, 0) is 47.5 Å². The molecule has 0 saturated carbocycles. The number of oxime groups is 1. The van der Waals surface area contributed by atoms with Crippen LogP contribution in [0, 0.1) is 0 Å². The SMILES string of the molecule is Nc1nc(/C(=N/OCc2ccc(O)c(O)c2)C(=O)N[C@@H]2C(=O)N3C(C(=O)[O-])=C(CSc4cc(-c5ccc(O)c(O)c5)nc5ccnn45)CS[C@H]23)cs1.[Na+]. The van der Waals surface area contributed by atoms with Crippen molar-refractivity contribution in [1.29, 1.82) is 0 Å². The molecule has 2 aromatic carbocycles. The molecular formula is C32H25N8NaO9S3. The van der Waals surface area contributed by atoms with Crippen LogP contribution in [-0.4, -0.2) is 91.3 Å². The van der Waals surface area contributed by atoms with Crippen LogP contribution in [0.4, 0.5) is 5.13 Å². The number of thiazole rings is 1. The molecule has 53 heavy (non-hydrogen) atoms. The molecule has 0 radical (unpaired) electrons. The number of hydrogen-bond acceptors (Lipinski definition) is 17. The summed E-state index contributed by atoms with van der Waals surface area (Å²) in [6.45, 7) is -0.188. The van der Waals surface area contributed by atoms with Gasteiger partial charge in [0.2, 0.25) is 0 Å². The van der Waals surface area contributed by atoms with Crippen LogP contribution in [0.15, 0.2) is 81.6 Å². The quantitative estimate of drug-likeness (QED) is 0.0167. The van der Waals surface area contributed by atoms with Crippen molar-refractivity contribution in [3.8, 4) is 34.3 Å². The summed E-state index contributed by atoms with van der Waals surface area (Å²) in [6, 6.07) is 10.6. The number of carbonyl (C=O) groups excluding carboxylic acids is 3. The third-order valence-corrected chi connectivity index (χ3v) is 11.0. The third-order valence-electron chi connectivity index (χ3n) is 7.93. The average Bonchev–Trinajstić information content (AvgIpc) is 3.79. The van der Waals surface area contributed by atoms with Crippen molar-refractivity contribution in [2.75, 3.05) is 17.2 Å². The molecule has 2 aliphatic heterocycles. The topological polar surface area (TPSA) is 261 Å². The van der Waals surface area contributed by atoms with E-state index < -0.39 is 29.2 Å². The van der Waals surface area contributed by atoms with Crippen LogP contribution >= 0.6 is 34.9 Å². The van der Waals surface area contributed by atoms with E-state index in [9.17, 15) is 39.9 Å². The minimum atomic E-state index is -1.55. The molecule has 2 amide bonds. The number of rotatable bonds is 11. The number of nitrogens with one attached hydrogen (secondary N) is 1. The fourth-order valence-corrected chi connectivity index (χ4v) is 8.44. The number of anilines is 1. The Balaban J connectivity index is 0.00000481. The maximum absolute atomic E-state index is 13.5. The molecule has 5 heterocycles. The van der Waals surface area contributed by atoms with E-state index in [1.807, 2.05) is 0 Å². The van der Waals surface area contributed by atoms with Gasteiger partial charge in [0, 0.05) is 28.5 Å². The molecule has 0 aliphatic carbocycles. The summed E-state index contributed by atoms with van der Waals surface area (Å²) >= 11 is 3.57. The summed E-state index contributed by atoms with van der Waals surface area (Å²) in [5, 5.41) is 63.8. The Morgan fingerprint density at radius 1 is 1.06 bits per heavy atom. The van der Waals surface area contributed by atoms with Gasteiger partial charge in [0.05, 0.1) is 23.6 Å². The number of nitrogens with zero attached hydrogens (tertiary/aromatic N) is 6. The molecular weight excluding hydrogens is 760 g/mol. The molecule has 1 saturated heterocycles. The molecule has 3 aromatic heterocycles. The molecule has 5 aromatic rings. The average molecular weight is 785 g/mol. The van der Waals surface area contributed by atoms with Crippen molar-refractivity contribution in [2.45, 2.75) is 23.0 Å². The maximum atomic E-state index is 13.5. The Hall–Kier alpha value is -4.99. The first kappa shape index (κ1) is 37.8. The smallest absolute Gasteiger partial charge is 0.543 e. The molecule has 266 valence electrons. The number of aromatic hydroxyl groups is 4. The molecule has 1 fully saturated rings. The summed E-state index contributed by atoms with van der Waals surface area (Å²) < 4.78 is 1.57. The number of phenolic OH excluding ortho intramolecular Hbond substituents is 4. The molecule has 0 unspecified atom stereocenters. The Labute approximate surface area is 333 Å². The number of amides is 2. The monoisotopic (exact) mass is 784 g/mol. The van der Waals surface area contributed by atoms with Crippen molar-refractivity contribution in [1.82, 2.24) is 29.8 Å². The van der Waals surface area contributed by atoms with E-state index in [1.54, 1.807) is 28.9 Å². The van der Waals surface area contributed by atoms with Gasteiger partial charge in [-0.3, -0.25) is 14.5 Å². The van der Waals surface area contributed by atoms with Crippen molar-refractivity contribution >= 4 is 69.1 Å². The van der Waals surface area contributed by atoms with Gasteiger partial charge in [-0.15, -0.1) is 34.9 Å². The Bertz CT molecular complexity index is 2330. The predicted octanol–water partition coefficient (Wildman–Crippen LogP) is -1.62. The zero-order valence-electron chi connectivity index (χ0n) is 27.4. The first-order chi connectivity index (χ1) is 25.0. The fourth-order valence-electron chi connectivity index (χ4n) is 5.40. The zero-order valence-corrected chi connectivity index (χ0v) is 31.8. The van der Waals surface area contributed by atoms with E-state index in [4.69, 9.17) is 10.6 Å². The second kappa shape index (κ2) is 15.5. The second-order valence-corrected chi connectivity index (χ2v) is 14.3. The molecule has 0 bridgehead atoms. The number of thioether (sulfide) groups is 2. The van der Waals surface area contributed by atoms with Crippen LogP contribution in [0.5, 0.6) is 23.0 Å². The number of nitrogens with two attached hydrogens (primary N) is 1. The number of carboxylic acid groups (broad SMARTS) is 1. The van der Waals surface area contributed by atoms with Gasteiger partial charge in [-0.2, -0.15) is 5.10 Å². The standard InChI is InChI=1S/C32H26N8O9S3.Na/c33-32-36-18(13-52-32)25(38-49-10-14-1-3-19(41)21(43)7-14)28(45)37-26-29(46)39-27(31(47)48)16(12-51-30(26)39)11-50-24-9-17(35-23-5-6-34-40(23)24)15-2-4-20(42)22(44)8-15;/h1-9,13,26,30,41-44H,10-12H2,(H2,33,36)(H,37,45)(H,47,48);/q;+1/p-1/b38-25-;/t26-,30-;/m1./s1. The molecule has 7 rings (SSSR count). The van der Waals surface area contributed by atoms with E-state index in [0.717, 1.165) is 16.2 Å². The first-order valence-corrected chi connectivity index (χ1v) is 18.0. The Morgan fingerprint density at radius 3 is 2.51 bits per heavy atom. The van der Waals surface area contributed by atoms with Crippen LogP contribution in [0.1, 0.15) is 11.3 Å². The number of fused-ring (bicyclic) bond motifs is 2. The van der Waals surface area contributed by atoms with Gasteiger partial charge >= 0.3 is 29.6 Å². The van der Waals surface area contributed by atoms with Crippen LogP contribution in [-0.2, 0) is 25.8 Å². The number of phenols is 4. The van der Waals surface area contributed by atoms with Gasteiger partial charge in [0.25, 0.3) is 11.8 Å². The largest absolute Gasteiger partial charge is 1.00 e. The number of aliphatic carboxylic acids is 1. The van der Waals surface area contributed by atoms with Gasteiger partial charge < -0.3 is 46.2 Å². The van der Waals surface area contributed by atoms with Crippen molar-refractivity contribution in [3.05, 3.63) is 82.6 Å². The minimum Gasteiger partial charge on any atom is -0.543 e.